The molecular formula is C20H28N6O. The Morgan fingerprint density at radius 2 is 1.85 bits per heavy atom. The number of hydrogen-bond acceptors (Lipinski definition) is 4. The van der Waals surface area contributed by atoms with Gasteiger partial charge < -0.3 is 20.4 Å². The van der Waals surface area contributed by atoms with E-state index in [1.807, 2.05) is 29.2 Å². The van der Waals surface area contributed by atoms with Crippen molar-refractivity contribution >= 4 is 28.6 Å². The summed E-state index contributed by atoms with van der Waals surface area (Å²) in [5.74, 6) is 1.92. The summed E-state index contributed by atoms with van der Waals surface area (Å²) in [5.41, 5.74) is 0.989. The summed E-state index contributed by atoms with van der Waals surface area (Å²) in [4.78, 5) is 24.9. The number of rotatable bonds is 5. The van der Waals surface area contributed by atoms with Crippen molar-refractivity contribution in [3.8, 4) is 0 Å². The molecule has 1 saturated heterocycles. The highest BCUT2D eigenvalue weighted by molar-refractivity contribution is 5.81. The minimum atomic E-state index is 0.142. The molecule has 2 aromatic rings. The van der Waals surface area contributed by atoms with Crippen molar-refractivity contribution in [2.45, 2.75) is 13.8 Å². The maximum absolute atomic E-state index is 11.5. The van der Waals surface area contributed by atoms with Gasteiger partial charge in [0.05, 0.1) is 12.1 Å². The summed E-state index contributed by atoms with van der Waals surface area (Å²) in [7, 11) is 0. The fraction of sp³-hybridized carbons (Fsp3) is 0.450. The van der Waals surface area contributed by atoms with Crippen LogP contribution in [0.25, 0.3) is 10.9 Å². The lowest BCUT2D eigenvalue weighted by Crippen LogP contribution is -2.53. The number of anilines is 1. The summed E-state index contributed by atoms with van der Waals surface area (Å²) in [6.45, 7) is 9.01. The first-order valence-corrected chi connectivity index (χ1v) is 9.56. The van der Waals surface area contributed by atoms with Gasteiger partial charge in [-0.15, -0.1) is 0 Å². The van der Waals surface area contributed by atoms with Gasteiger partial charge in [-0.05, 0) is 25.1 Å². The molecule has 1 fully saturated rings. The van der Waals surface area contributed by atoms with Crippen LogP contribution in [-0.2, 0) is 4.79 Å². The van der Waals surface area contributed by atoms with E-state index < -0.39 is 0 Å². The molecule has 0 saturated carbocycles. The van der Waals surface area contributed by atoms with Crippen LogP contribution in [0.2, 0.25) is 0 Å². The number of hydrogen-bond donors (Lipinski definition) is 2. The van der Waals surface area contributed by atoms with E-state index in [2.05, 4.69) is 39.6 Å². The van der Waals surface area contributed by atoms with Crippen LogP contribution in [0.15, 0.2) is 41.4 Å². The van der Waals surface area contributed by atoms with Crippen molar-refractivity contribution < 1.29 is 4.79 Å². The predicted octanol–water partition coefficient (Wildman–Crippen LogP) is 1.78. The lowest BCUT2D eigenvalue weighted by atomic mass is 10.2. The van der Waals surface area contributed by atoms with Gasteiger partial charge >= 0.3 is 0 Å². The molecule has 1 aromatic carbocycles. The fourth-order valence-electron chi connectivity index (χ4n) is 3.17. The fourth-order valence-corrected chi connectivity index (χ4v) is 3.17. The van der Waals surface area contributed by atoms with Gasteiger partial charge in [-0.1, -0.05) is 18.2 Å². The number of fused-ring (bicyclic) bond motifs is 1. The molecule has 0 bridgehead atoms. The Kier molecular flexibility index (Phi) is 6.46. The first-order chi connectivity index (χ1) is 13.2. The van der Waals surface area contributed by atoms with Crippen LogP contribution in [0.4, 0.5) is 5.82 Å². The Hall–Kier alpha value is -2.83. The molecule has 1 aliphatic heterocycles. The standard InChI is InChI=1S/C20H28N6O/c1-3-21-20(26-14-12-25(13-15-26)16(2)27)23-11-10-22-19-9-8-17-6-4-5-7-18(17)24-19/h4-9H,3,10-15H2,1-2H3,(H,21,23)(H,22,24). The van der Waals surface area contributed by atoms with Crippen LogP contribution in [-0.4, -0.2) is 72.5 Å². The van der Waals surface area contributed by atoms with Gasteiger partial charge in [0.15, 0.2) is 5.96 Å². The molecule has 0 aliphatic carbocycles. The maximum atomic E-state index is 11.5. The largest absolute Gasteiger partial charge is 0.368 e. The zero-order chi connectivity index (χ0) is 19.1. The number of benzene rings is 1. The highest BCUT2D eigenvalue weighted by atomic mass is 16.2. The molecule has 27 heavy (non-hydrogen) atoms. The zero-order valence-corrected chi connectivity index (χ0v) is 16.1. The van der Waals surface area contributed by atoms with E-state index in [4.69, 9.17) is 4.99 Å². The molecule has 3 rings (SSSR count). The molecule has 7 heteroatoms. The molecule has 0 radical (unpaired) electrons. The number of nitrogens with zero attached hydrogens (tertiary/aromatic N) is 4. The number of carbonyl (C=O) groups excluding carboxylic acids is 1. The van der Waals surface area contributed by atoms with Crippen molar-refractivity contribution in [2.75, 3.05) is 51.1 Å². The van der Waals surface area contributed by atoms with Gasteiger partial charge in [-0.3, -0.25) is 9.79 Å². The van der Waals surface area contributed by atoms with Gasteiger partial charge in [0.1, 0.15) is 5.82 Å². The van der Waals surface area contributed by atoms with Crippen LogP contribution in [0.3, 0.4) is 0 Å². The van der Waals surface area contributed by atoms with Gasteiger partial charge in [0.2, 0.25) is 5.91 Å². The topological polar surface area (TPSA) is 72.9 Å². The average Bonchev–Trinajstić information content (AvgIpc) is 2.70. The zero-order valence-electron chi connectivity index (χ0n) is 16.1. The third kappa shape index (κ3) is 5.09. The van der Waals surface area contributed by atoms with Crippen LogP contribution in [0, 0.1) is 0 Å². The highest BCUT2D eigenvalue weighted by Crippen LogP contribution is 2.14. The molecule has 0 spiro atoms. The number of amides is 1. The SMILES string of the molecule is CCNC(=NCCNc1ccc2ccccc2n1)N1CCN(C(C)=O)CC1. The summed E-state index contributed by atoms with van der Waals surface area (Å²) in [6, 6.07) is 12.2. The van der Waals surface area contributed by atoms with Crippen molar-refractivity contribution in [1.29, 1.82) is 0 Å². The monoisotopic (exact) mass is 368 g/mol. The van der Waals surface area contributed by atoms with Crippen LogP contribution in [0.5, 0.6) is 0 Å². The van der Waals surface area contributed by atoms with Gasteiger partial charge in [-0.25, -0.2) is 4.98 Å². The number of aromatic nitrogens is 1. The Balaban J connectivity index is 1.53. The Morgan fingerprint density at radius 3 is 2.59 bits per heavy atom. The molecule has 1 aliphatic rings. The van der Waals surface area contributed by atoms with E-state index in [-0.39, 0.29) is 5.91 Å². The minimum Gasteiger partial charge on any atom is -0.368 e. The number of nitrogens with one attached hydrogen (secondary N) is 2. The summed E-state index contributed by atoms with van der Waals surface area (Å²) >= 11 is 0. The average molecular weight is 368 g/mol. The van der Waals surface area contributed by atoms with E-state index in [0.29, 0.717) is 13.1 Å². The first-order valence-electron chi connectivity index (χ1n) is 9.56. The van der Waals surface area contributed by atoms with Crippen LogP contribution in [0.1, 0.15) is 13.8 Å². The lowest BCUT2D eigenvalue weighted by Gasteiger charge is -2.36. The number of guanidine groups is 1. The first kappa shape index (κ1) is 18.9. The van der Waals surface area contributed by atoms with Crippen molar-refractivity contribution in [1.82, 2.24) is 20.1 Å². The second-order valence-corrected chi connectivity index (χ2v) is 6.54. The number of aliphatic imine (C=N–C) groups is 1. The molecule has 7 nitrogen and oxygen atoms in total. The Morgan fingerprint density at radius 1 is 1.11 bits per heavy atom. The number of para-hydroxylation sites is 1. The number of piperazine rings is 1. The van der Waals surface area contributed by atoms with Crippen LogP contribution >= 0.6 is 0 Å². The molecule has 2 N–H and O–H groups in total. The van der Waals surface area contributed by atoms with E-state index >= 15 is 0 Å². The van der Waals surface area contributed by atoms with E-state index in [1.165, 1.54) is 0 Å². The van der Waals surface area contributed by atoms with Crippen molar-refractivity contribution in [3.63, 3.8) is 0 Å². The summed E-state index contributed by atoms with van der Waals surface area (Å²) in [5, 5.41) is 7.83. The molecule has 144 valence electrons. The molecule has 0 atom stereocenters. The normalized spacial score (nSPS) is 15.1. The third-order valence-electron chi connectivity index (χ3n) is 4.64. The maximum Gasteiger partial charge on any atom is 0.219 e. The third-order valence-corrected chi connectivity index (χ3v) is 4.64. The molecule has 2 heterocycles. The number of pyridine rings is 1. The molecular weight excluding hydrogens is 340 g/mol. The van der Waals surface area contributed by atoms with E-state index in [1.54, 1.807) is 6.92 Å². The van der Waals surface area contributed by atoms with Gasteiger partial charge in [-0.2, -0.15) is 0 Å². The number of carbonyl (C=O) groups is 1. The lowest BCUT2D eigenvalue weighted by molar-refractivity contribution is -0.130. The van der Waals surface area contributed by atoms with Crippen molar-refractivity contribution in [2.24, 2.45) is 4.99 Å². The van der Waals surface area contributed by atoms with Gasteiger partial charge in [0, 0.05) is 51.6 Å². The van der Waals surface area contributed by atoms with Crippen molar-refractivity contribution in [3.05, 3.63) is 36.4 Å². The Bertz CT molecular complexity index is 798. The second kappa shape index (κ2) is 9.21. The van der Waals surface area contributed by atoms with Crippen LogP contribution < -0.4 is 10.6 Å². The molecule has 0 unspecified atom stereocenters. The van der Waals surface area contributed by atoms with E-state index in [0.717, 1.165) is 55.4 Å². The molecule has 1 amide bonds. The van der Waals surface area contributed by atoms with E-state index in [9.17, 15) is 4.79 Å². The molecule has 1 aromatic heterocycles. The quantitative estimate of drug-likeness (QED) is 0.478. The Labute approximate surface area is 160 Å². The second-order valence-electron chi connectivity index (χ2n) is 6.54. The summed E-state index contributed by atoms with van der Waals surface area (Å²) < 4.78 is 0. The highest BCUT2D eigenvalue weighted by Gasteiger charge is 2.20. The van der Waals surface area contributed by atoms with Gasteiger partial charge in [0.25, 0.3) is 0 Å². The summed E-state index contributed by atoms with van der Waals surface area (Å²) in [6.07, 6.45) is 0. The minimum absolute atomic E-state index is 0.142. The smallest absolute Gasteiger partial charge is 0.219 e. The predicted molar refractivity (Wildman–Crippen MR) is 110 cm³/mol.